The standard InChI is InChI=1S/C28H32O4/c1-17-14-18(2)25-10-11-28(5,32-26(25)19(17)3)12-13-31-27(30)20(4)21-6-7-23-16-24(29)9-8-22(23)15-21/h6-9,14-16,20,29H,10-13H2,1-5H3. The minimum absolute atomic E-state index is 0.231. The second-order valence-corrected chi connectivity index (χ2v) is 9.43. The summed E-state index contributed by atoms with van der Waals surface area (Å²) in [5, 5.41) is 11.6. The maximum Gasteiger partial charge on any atom is 0.313 e. The number of carbonyl (C=O) groups is 1. The van der Waals surface area contributed by atoms with Gasteiger partial charge in [0.15, 0.2) is 0 Å². The van der Waals surface area contributed by atoms with Crippen molar-refractivity contribution in [3.05, 3.63) is 70.3 Å². The molecule has 4 heteroatoms. The van der Waals surface area contributed by atoms with Gasteiger partial charge in [0.1, 0.15) is 17.1 Å². The van der Waals surface area contributed by atoms with Crippen LogP contribution in [0.4, 0.5) is 0 Å². The molecule has 2 atom stereocenters. The molecule has 0 aromatic heterocycles. The summed E-state index contributed by atoms with van der Waals surface area (Å²) in [6, 6.07) is 13.3. The molecule has 0 aliphatic carbocycles. The van der Waals surface area contributed by atoms with E-state index in [4.69, 9.17) is 9.47 Å². The zero-order valence-electron chi connectivity index (χ0n) is 19.6. The van der Waals surface area contributed by atoms with Gasteiger partial charge in [0.2, 0.25) is 0 Å². The third-order valence-electron chi connectivity index (χ3n) is 6.94. The van der Waals surface area contributed by atoms with Gasteiger partial charge in [-0.3, -0.25) is 4.79 Å². The van der Waals surface area contributed by atoms with Crippen LogP contribution in [0, 0.1) is 20.8 Å². The van der Waals surface area contributed by atoms with Crippen molar-refractivity contribution >= 4 is 16.7 Å². The molecule has 0 saturated carbocycles. The summed E-state index contributed by atoms with van der Waals surface area (Å²) in [5.41, 5.74) is 5.61. The molecular formula is C28H32O4. The second-order valence-electron chi connectivity index (χ2n) is 9.43. The number of aromatic hydroxyl groups is 1. The van der Waals surface area contributed by atoms with Crippen molar-refractivity contribution in [2.24, 2.45) is 0 Å². The molecule has 0 saturated heterocycles. The van der Waals surface area contributed by atoms with Crippen LogP contribution in [0.2, 0.25) is 0 Å². The molecule has 1 aliphatic heterocycles. The van der Waals surface area contributed by atoms with Crippen LogP contribution < -0.4 is 4.74 Å². The average Bonchev–Trinajstić information content (AvgIpc) is 2.76. The highest BCUT2D eigenvalue weighted by Gasteiger charge is 2.34. The Hall–Kier alpha value is -3.01. The van der Waals surface area contributed by atoms with Crippen molar-refractivity contribution in [3.63, 3.8) is 0 Å². The summed E-state index contributed by atoms with van der Waals surface area (Å²) in [6.07, 6.45) is 2.55. The maximum atomic E-state index is 12.7. The van der Waals surface area contributed by atoms with E-state index >= 15 is 0 Å². The third kappa shape index (κ3) is 4.32. The first-order valence-corrected chi connectivity index (χ1v) is 11.3. The number of rotatable bonds is 5. The molecule has 3 aromatic carbocycles. The molecule has 0 amide bonds. The van der Waals surface area contributed by atoms with Crippen LogP contribution in [0.15, 0.2) is 42.5 Å². The molecule has 0 spiro atoms. The maximum absolute atomic E-state index is 12.7. The van der Waals surface area contributed by atoms with Crippen LogP contribution in [0.1, 0.15) is 60.4 Å². The number of esters is 1. The van der Waals surface area contributed by atoms with Crippen molar-refractivity contribution in [3.8, 4) is 11.5 Å². The molecule has 168 valence electrons. The summed E-state index contributed by atoms with van der Waals surface area (Å²) < 4.78 is 12.1. The molecule has 0 bridgehead atoms. The number of fused-ring (bicyclic) bond motifs is 2. The zero-order chi connectivity index (χ0) is 23.0. The molecule has 2 unspecified atom stereocenters. The predicted octanol–water partition coefficient (Wildman–Crippen LogP) is 6.29. The van der Waals surface area contributed by atoms with Crippen LogP contribution in [0.3, 0.4) is 0 Å². The highest BCUT2D eigenvalue weighted by atomic mass is 16.5. The van der Waals surface area contributed by atoms with Crippen LogP contribution in [0.25, 0.3) is 10.8 Å². The third-order valence-corrected chi connectivity index (χ3v) is 6.94. The fourth-order valence-corrected chi connectivity index (χ4v) is 4.57. The van der Waals surface area contributed by atoms with Gasteiger partial charge in [0.25, 0.3) is 0 Å². The van der Waals surface area contributed by atoms with Crippen molar-refractivity contribution < 1.29 is 19.4 Å². The Balaban J connectivity index is 1.39. The summed E-state index contributed by atoms with van der Waals surface area (Å²) in [5.74, 6) is 0.657. The van der Waals surface area contributed by atoms with Crippen molar-refractivity contribution in [1.82, 2.24) is 0 Å². The quantitative estimate of drug-likeness (QED) is 0.481. The molecule has 1 heterocycles. The van der Waals surface area contributed by atoms with Gasteiger partial charge in [0, 0.05) is 6.42 Å². The number of phenolic OH excluding ortho intramolecular Hbond substituents is 1. The molecule has 0 fully saturated rings. The van der Waals surface area contributed by atoms with Gasteiger partial charge in [-0.25, -0.2) is 0 Å². The number of benzene rings is 3. The van der Waals surface area contributed by atoms with Crippen molar-refractivity contribution in [2.45, 2.75) is 65.4 Å². The van der Waals surface area contributed by atoms with E-state index in [0.29, 0.717) is 13.0 Å². The summed E-state index contributed by atoms with van der Waals surface area (Å²) in [4.78, 5) is 12.7. The summed E-state index contributed by atoms with van der Waals surface area (Å²) in [7, 11) is 0. The summed E-state index contributed by atoms with van der Waals surface area (Å²) in [6.45, 7) is 10.7. The van der Waals surface area contributed by atoms with Crippen LogP contribution in [-0.2, 0) is 16.0 Å². The zero-order valence-corrected chi connectivity index (χ0v) is 19.6. The van der Waals surface area contributed by atoms with Crippen molar-refractivity contribution in [1.29, 1.82) is 0 Å². The van der Waals surface area contributed by atoms with Crippen LogP contribution >= 0.6 is 0 Å². The van der Waals surface area contributed by atoms with E-state index in [1.807, 2.05) is 31.2 Å². The molecule has 4 nitrogen and oxygen atoms in total. The summed E-state index contributed by atoms with van der Waals surface area (Å²) >= 11 is 0. The normalized spacial score (nSPS) is 18.7. The van der Waals surface area contributed by atoms with Gasteiger partial charge in [0.05, 0.1) is 12.5 Å². The molecule has 0 radical (unpaired) electrons. The smallest absolute Gasteiger partial charge is 0.313 e. The first-order valence-electron chi connectivity index (χ1n) is 11.3. The molecule has 3 aromatic rings. The van der Waals surface area contributed by atoms with Crippen LogP contribution in [-0.4, -0.2) is 23.3 Å². The Morgan fingerprint density at radius 1 is 1.09 bits per heavy atom. The Morgan fingerprint density at radius 2 is 1.81 bits per heavy atom. The Bertz CT molecular complexity index is 1180. The Morgan fingerprint density at radius 3 is 2.59 bits per heavy atom. The monoisotopic (exact) mass is 432 g/mol. The van der Waals surface area contributed by atoms with E-state index in [0.717, 1.165) is 34.9 Å². The SMILES string of the molecule is Cc1cc(C)c2c(c1C)OC(C)(CCOC(=O)C(C)c1ccc3cc(O)ccc3c1)CC2. The molecule has 1 N–H and O–H groups in total. The van der Waals surface area contributed by atoms with E-state index in [2.05, 4.69) is 33.8 Å². The largest absolute Gasteiger partial charge is 0.508 e. The fourth-order valence-electron chi connectivity index (χ4n) is 4.57. The van der Waals surface area contributed by atoms with E-state index < -0.39 is 0 Å². The first kappa shape index (κ1) is 22.2. The van der Waals surface area contributed by atoms with E-state index in [1.54, 1.807) is 12.1 Å². The lowest BCUT2D eigenvalue weighted by Gasteiger charge is -2.37. The molecular weight excluding hydrogens is 400 g/mol. The van der Waals surface area contributed by atoms with Gasteiger partial charge < -0.3 is 14.6 Å². The molecule has 4 rings (SSSR count). The number of hydrogen-bond donors (Lipinski definition) is 1. The topological polar surface area (TPSA) is 55.8 Å². The van der Waals surface area contributed by atoms with Gasteiger partial charge in [-0.15, -0.1) is 0 Å². The number of ether oxygens (including phenoxy) is 2. The number of hydrogen-bond acceptors (Lipinski definition) is 4. The van der Waals surface area contributed by atoms with Gasteiger partial charge in [-0.2, -0.15) is 0 Å². The predicted molar refractivity (Wildman–Crippen MR) is 128 cm³/mol. The minimum Gasteiger partial charge on any atom is -0.508 e. The first-order chi connectivity index (χ1) is 15.2. The van der Waals surface area contributed by atoms with Crippen molar-refractivity contribution in [2.75, 3.05) is 6.61 Å². The highest BCUT2D eigenvalue weighted by molar-refractivity contribution is 5.86. The number of carbonyl (C=O) groups excluding carboxylic acids is 1. The lowest BCUT2D eigenvalue weighted by atomic mass is 9.86. The minimum atomic E-state index is -0.360. The van der Waals surface area contributed by atoms with Gasteiger partial charge in [-0.1, -0.05) is 30.3 Å². The van der Waals surface area contributed by atoms with E-state index in [9.17, 15) is 9.90 Å². The Kier molecular flexibility index (Phi) is 5.89. The highest BCUT2D eigenvalue weighted by Crippen LogP contribution is 2.40. The van der Waals surface area contributed by atoms with E-state index in [-0.39, 0.29) is 23.2 Å². The average molecular weight is 433 g/mol. The molecule has 32 heavy (non-hydrogen) atoms. The van der Waals surface area contributed by atoms with Gasteiger partial charge >= 0.3 is 5.97 Å². The lowest BCUT2D eigenvalue weighted by molar-refractivity contribution is -0.146. The number of phenols is 1. The number of aryl methyl sites for hydroxylation is 2. The second kappa shape index (κ2) is 8.50. The fraction of sp³-hybridized carbons (Fsp3) is 0.393. The van der Waals surface area contributed by atoms with Crippen LogP contribution in [0.5, 0.6) is 11.5 Å². The van der Waals surface area contributed by atoms with Gasteiger partial charge in [-0.05, 0) is 98.2 Å². The molecule has 1 aliphatic rings. The van der Waals surface area contributed by atoms with E-state index in [1.165, 1.54) is 22.3 Å². The lowest BCUT2D eigenvalue weighted by Crippen LogP contribution is -2.38. The Labute approximate surface area is 190 Å².